The molecule has 0 aliphatic carbocycles. The molecule has 0 unspecified atom stereocenters. The van der Waals surface area contributed by atoms with Crippen LogP contribution < -0.4 is 10.1 Å². The molecule has 2 amide bonds. The lowest BCUT2D eigenvalue weighted by Crippen LogP contribution is -2.31. The molecular formula is C21H26N2O3. The average molecular weight is 354 g/mol. The quantitative estimate of drug-likeness (QED) is 0.825. The Morgan fingerprint density at radius 2 is 1.69 bits per heavy atom. The highest BCUT2D eigenvalue weighted by Crippen LogP contribution is 2.21. The van der Waals surface area contributed by atoms with E-state index in [1.54, 1.807) is 12.0 Å². The molecule has 5 nitrogen and oxygen atoms in total. The summed E-state index contributed by atoms with van der Waals surface area (Å²) < 4.78 is 5.34. The second-order valence-electron chi connectivity index (χ2n) is 6.32. The van der Waals surface area contributed by atoms with Gasteiger partial charge in [0.2, 0.25) is 11.8 Å². The summed E-state index contributed by atoms with van der Waals surface area (Å²) in [7, 11) is 1.61. The van der Waals surface area contributed by atoms with Gasteiger partial charge in [-0.25, -0.2) is 0 Å². The normalized spacial score (nSPS) is 10.3. The average Bonchev–Trinajstić information content (AvgIpc) is 2.62. The first-order valence-corrected chi connectivity index (χ1v) is 8.66. The molecular weight excluding hydrogens is 328 g/mol. The number of carbonyl (C=O) groups excluding carboxylic acids is 2. The summed E-state index contributed by atoms with van der Waals surface area (Å²) in [5, 5.41) is 2.96. The van der Waals surface area contributed by atoms with E-state index in [-0.39, 0.29) is 18.2 Å². The number of methoxy groups -OCH3 is 1. The minimum atomic E-state index is -0.103. The lowest BCUT2D eigenvalue weighted by Gasteiger charge is -2.22. The number of carbonyl (C=O) groups is 2. The van der Waals surface area contributed by atoms with Gasteiger partial charge in [0.25, 0.3) is 0 Å². The Balaban J connectivity index is 2.00. The molecule has 0 aliphatic heterocycles. The maximum absolute atomic E-state index is 12.3. The third-order valence-corrected chi connectivity index (χ3v) is 4.35. The minimum absolute atomic E-state index is 0.0734. The van der Waals surface area contributed by atoms with Crippen molar-refractivity contribution in [1.29, 1.82) is 0 Å². The number of nitrogens with one attached hydrogen (secondary N) is 1. The van der Waals surface area contributed by atoms with Crippen molar-refractivity contribution in [1.82, 2.24) is 4.90 Å². The van der Waals surface area contributed by atoms with E-state index >= 15 is 0 Å². The summed E-state index contributed by atoms with van der Waals surface area (Å²) in [6.07, 6.45) is 0.239. The molecule has 26 heavy (non-hydrogen) atoms. The molecule has 0 fully saturated rings. The number of benzene rings is 2. The molecule has 0 spiro atoms. The van der Waals surface area contributed by atoms with E-state index in [0.29, 0.717) is 13.1 Å². The third-order valence-electron chi connectivity index (χ3n) is 4.35. The van der Waals surface area contributed by atoms with Crippen LogP contribution in [0.3, 0.4) is 0 Å². The van der Waals surface area contributed by atoms with E-state index in [0.717, 1.165) is 28.1 Å². The van der Waals surface area contributed by atoms with E-state index < -0.39 is 0 Å². The van der Waals surface area contributed by atoms with Crippen molar-refractivity contribution in [3.63, 3.8) is 0 Å². The third kappa shape index (κ3) is 5.09. The van der Waals surface area contributed by atoms with Crippen LogP contribution in [0, 0.1) is 13.8 Å². The molecule has 2 rings (SSSR count). The zero-order valence-electron chi connectivity index (χ0n) is 15.8. The molecule has 0 heterocycles. The summed E-state index contributed by atoms with van der Waals surface area (Å²) in [5.41, 5.74) is 3.81. The summed E-state index contributed by atoms with van der Waals surface area (Å²) in [4.78, 5) is 26.0. The second-order valence-corrected chi connectivity index (χ2v) is 6.32. The highest BCUT2D eigenvalue weighted by Gasteiger charge is 2.15. The maximum Gasteiger partial charge on any atom is 0.226 e. The fraction of sp³-hybridized carbons (Fsp3) is 0.333. The van der Waals surface area contributed by atoms with Crippen LogP contribution in [-0.4, -0.2) is 30.4 Å². The van der Waals surface area contributed by atoms with Gasteiger partial charge in [-0.15, -0.1) is 0 Å². The van der Waals surface area contributed by atoms with Gasteiger partial charge in [0.15, 0.2) is 0 Å². The van der Waals surface area contributed by atoms with Gasteiger partial charge in [0, 0.05) is 37.7 Å². The van der Waals surface area contributed by atoms with Crippen LogP contribution in [0.15, 0.2) is 42.5 Å². The predicted molar refractivity (Wildman–Crippen MR) is 103 cm³/mol. The van der Waals surface area contributed by atoms with Gasteiger partial charge in [-0.05, 0) is 31.0 Å². The Kier molecular flexibility index (Phi) is 6.78. The van der Waals surface area contributed by atoms with E-state index in [2.05, 4.69) is 5.32 Å². The molecule has 138 valence electrons. The van der Waals surface area contributed by atoms with Gasteiger partial charge >= 0.3 is 0 Å². The van der Waals surface area contributed by atoms with Crippen LogP contribution in [-0.2, 0) is 16.1 Å². The predicted octanol–water partition coefficient (Wildman–Crippen LogP) is 3.69. The van der Waals surface area contributed by atoms with Gasteiger partial charge in [-0.3, -0.25) is 9.59 Å². The fourth-order valence-corrected chi connectivity index (χ4v) is 2.84. The number of ether oxygens (including phenoxy) is 1. The summed E-state index contributed by atoms with van der Waals surface area (Å²) in [5.74, 6) is 0.559. The van der Waals surface area contributed by atoms with Crippen molar-refractivity contribution < 1.29 is 14.3 Å². The summed E-state index contributed by atoms with van der Waals surface area (Å²) in [6.45, 7) is 6.21. The van der Waals surface area contributed by atoms with Crippen molar-refractivity contribution in [2.75, 3.05) is 19.0 Å². The molecule has 2 aromatic carbocycles. The number of hydrogen-bond donors (Lipinski definition) is 1. The number of amides is 2. The second kappa shape index (κ2) is 9.04. The van der Waals surface area contributed by atoms with Crippen LogP contribution in [0.4, 0.5) is 5.69 Å². The molecule has 0 aromatic heterocycles. The highest BCUT2D eigenvalue weighted by molar-refractivity contribution is 5.92. The zero-order valence-corrected chi connectivity index (χ0v) is 15.8. The molecule has 0 bridgehead atoms. The van der Waals surface area contributed by atoms with Crippen molar-refractivity contribution in [3.8, 4) is 5.75 Å². The van der Waals surface area contributed by atoms with Crippen LogP contribution in [0.1, 0.15) is 30.0 Å². The van der Waals surface area contributed by atoms with E-state index in [4.69, 9.17) is 4.74 Å². The first kappa shape index (κ1) is 19.5. The SMILES string of the molecule is COc1ccccc1CN(CCC(=O)Nc1c(C)cccc1C)C(C)=O. The van der Waals surface area contributed by atoms with Crippen LogP contribution in [0.2, 0.25) is 0 Å². The molecule has 5 heteroatoms. The van der Waals surface area contributed by atoms with Gasteiger partial charge in [0.1, 0.15) is 5.75 Å². The van der Waals surface area contributed by atoms with Gasteiger partial charge in [0.05, 0.1) is 7.11 Å². The number of para-hydroxylation sites is 2. The Labute approximate surface area is 155 Å². The van der Waals surface area contributed by atoms with Crippen LogP contribution in [0.5, 0.6) is 5.75 Å². The molecule has 0 saturated carbocycles. The minimum Gasteiger partial charge on any atom is -0.496 e. The summed E-state index contributed by atoms with van der Waals surface area (Å²) in [6, 6.07) is 13.5. The van der Waals surface area contributed by atoms with E-state index in [9.17, 15) is 9.59 Å². The first-order valence-electron chi connectivity index (χ1n) is 8.66. The van der Waals surface area contributed by atoms with Crippen molar-refractivity contribution in [3.05, 3.63) is 59.2 Å². The fourth-order valence-electron chi connectivity index (χ4n) is 2.84. The first-order chi connectivity index (χ1) is 12.4. The Morgan fingerprint density at radius 3 is 2.31 bits per heavy atom. The monoisotopic (exact) mass is 354 g/mol. The van der Waals surface area contributed by atoms with Crippen LogP contribution >= 0.6 is 0 Å². The Hall–Kier alpha value is -2.82. The topological polar surface area (TPSA) is 58.6 Å². The zero-order chi connectivity index (χ0) is 19.1. The Morgan fingerprint density at radius 1 is 1.04 bits per heavy atom. The van der Waals surface area contributed by atoms with Crippen molar-refractivity contribution in [2.45, 2.75) is 33.7 Å². The maximum atomic E-state index is 12.3. The molecule has 0 radical (unpaired) electrons. The standard InChI is InChI=1S/C21H26N2O3/c1-15-8-7-9-16(2)21(15)22-20(25)12-13-23(17(3)24)14-18-10-5-6-11-19(18)26-4/h5-11H,12-14H2,1-4H3,(H,22,25). The molecule has 0 aliphatic rings. The van der Waals surface area contributed by atoms with Gasteiger partial charge in [-0.2, -0.15) is 0 Å². The van der Waals surface area contributed by atoms with E-state index in [1.165, 1.54) is 6.92 Å². The van der Waals surface area contributed by atoms with E-state index in [1.807, 2.05) is 56.3 Å². The lowest BCUT2D eigenvalue weighted by atomic mass is 10.1. The Bertz CT molecular complexity index is 766. The largest absolute Gasteiger partial charge is 0.496 e. The highest BCUT2D eigenvalue weighted by atomic mass is 16.5. The number of anilines is 1. The van der Waals surface area contributed by atoms with Crippen LogP contribution in [0.25, 0.3) is 0 Å². The lowest BCUT2D eigenvalue weighted by molar-refractivity contribution is -0.129. The molecule has 0 saturated heterocycles. The van der Waals surface area contributed by atoms with Crippen molar-refractivity contribution in [2.24, 2.45) is 0 Å². The smallest absolute Gasteiger partial charge is 0.226 e. The summed E-state index contributed by atoms with van der Waals surface area (Å²) >= 11 is 0. The van der Waals surface area contributed by atoms with Crippen molar-refractivity contribution >= 4 is 17.5 Å². The molecule has 0 atom stereocenters. The molecule has 1 N–H and O–H groups in total. The number of nitrogens with zero attached hydrogens (tertiary/aromatic N) is 1. The molecule has 2 aromatic rings. The van der Waals surface area contributed by atoms with Gasteiger partial charge < -0.3 is 15.0 Å². The number of hydrogen-bond acceptors (Lipinski definition) is 3. The number of aryl methyl sites for hydroxylation is 2. The van der Waals surface area contributed by atoms with Gasteiger partial charge in [-0.1, -0.05) is 36.4 Å². The number of rotatable bonds is 7.